The number of rotatable bonds is 7. The molecule has 2 aliphatic carbocycles. The van der Waals surface area contributed by atoms with E-state index < -0.39 is 0 Å². The van der Waals surface area contributed by atoms with Crippen molar-refractivity contribution in [1.29, 1.82) is 0 Å². The normalized spacial score (nSPS) is 22.9. The van der Waals surface area contributed by atoms with Crippen LogP contribution in [0.25, 0.3) is 0 Å². The van der Waals surface area contributed by atoms with Gasteiger partial charge in [-0.25, -0.2) is 0 Å². The fraction of sp³-hybridized carbons (Fsp3) is 0.654. The lowest BCUT2D eigenvalue weighted by Gasteiger charge is -2.41. The molecule has 1 aliphatic heterocycles. The molecule has 32 heavy (non-hydrogen) atoms. The van der Waals surface area contributed by atoms with Crippen LogP contribution < -0.4 is 0 Å². The minimum Gasteiger partial charge on any atom is -0.337 e. The molecule has 5 nitrogen and oxygen atoms in total. The van der Waals surface area contributed by atoms with E-state index in [9.17, 15) is 14.4 Å². The van der Waals surface area contributed by atoms with Crippen molar-refractivity contribution >= 4 is 29.1 Å². The second kappa shape index (κ2) is 10.0. The maximum Gasteiger partial charge on any atom is 0.226 e. The molecule has 3 aliphatic rings. The first-order valence-corrected chi connectivity index (χ1v) is 12.5. The van der Waals surface area contributed by atoms with Crippen LogP contribution in [-0.2, 0) is 27.3 Å². The third kappa shape index (κ3) is 5.43. The van der Waals surface area contributed by atoms with Crippen molar-refractivity contribution in [2.75, 3.05) is 19.6 Å². The molecular formula is C26H35ClN2O3. The van der Waals surface area contributed by atoms with Gasteiger partial charge in [0.05, 0.1) is 0 Å². The zero-order valence-corrected chi connectivity index (χ0v) is 20.1. The van der Waals surface area contributed by atoms with Crippen LogP contribution in [0.1, 0.15) is 68.6 Å². The summed E-state index contributed by atoms with van der Waals surface area (Å²) in [6.07, 6.45) is 6.44. The second-order valence-electron chi connectivity index (χ2n) is 10.2. The molecule has 6 heteroatoms. The summed E-state index contributed by atoms with van der Waals surface area (Å²) in [5, 5.41) is 0.662. The fourth-order valence-electron chi connectivity index (χ4n) is 5.63. The van der Waals surface area contributed by atoms with Gasteiger partial charge in [-0.2, -0.15) is 0 Å². The van der Waals surface area contributed by atoms with E-state index in [4.69, 9.17) is 11.6 Å². The Balaban J connectivity index is 1.36. The van der Waals surface area contributed by atoms with Gasteiger partial charge in [0.2, 0.25) is 5.91 Å². The lowest BCUT2D eigenvalue weighted by atomic mass is 9.79. The Kier molecular flexibility index (Phi) is 7.36. The number of nitrogens with zero attached hydrogens (tertiary/aromatic N) is 2. The summed E-state index contributed by atoms with van der Waals surface area (Å²) in [6.45, 7) is 7.50. The molecule has 0 N–H and O–H groups in total. The predicted molar refractivity (Wildman–Crippen MR) is 126 cm³/mol. The van der Waals surface area contributed by atoms with E-state index in [-0.39, 0.29) is 29.4 Å². The van der Waals surface area contributed by atoms with Gasteiger partial charge in [0.1, 0.15) is 11.6 Å². The molecule has 1 amide bonds. The van der Waals surface area contributed by atoms with Crippen LogP contribution in [0.5, 0.6) is 0 Å². The predicted octanol–water partition coefficient (Wildman–Crippen LogP) is 4.35. The van der Waals surface area contributed by atoms with E-state index in [0.29, 0.717) is 36.6 Å². The molecule has 1 atom stereocenters. The number of Topliss-reactive ketones (excluding diaryl/α,β-unsaturated/α-hetero) is 2. The Morgan fingerprint density at radius 2 is 1.78 bits per heavy atom. The number of hydrogen-bond acceptors (Lipinski definition) is 4. The largest absolute Gasteiger partial charge is 0.337 e. The van der Waals surface area contributed by atoms with Crippen LogP contribution in [0.4, 0.5) is 0 Å². The summed E-state index contributed by atoms with van der Waals surface area (Å²) in [7, 11) is 0. The van der Waals surface area contributed by atoms with Gasteiger partial charge in [0, 0.05) is 68.8 Å². The number of carbonyl (C=O) groups is 3. The Hall–Kier alpha value is -1.72. The average Bonchev–Trinajstić information content (AvgIpc) is 3.25. The number of benzene rings is 1. The molecule has 174 valence electrons. The molecule has 1 aromatic carbocycles. The maximum atomic E-state index is 12.9. The van der Waals surface area contributed by atoms with E-state index in [2.05, 4.69) is 23.6 Å². The summed E-state index contributed by atoms with van der Waals surface area (Å²) in [4.78, 5) is 41.1. The number of amides is 1. The minimum absolute atomic E-state index is 0.187. The molecule has 1 heterocycles. The van der Waals surface area contributed by atoms with E-state index in [1.807, 2.05) is 12.1 Å². The summed E-state index contributed by atoms with van der Waals surface area (Å²) in [5.74, 6) is 1.27. The molecule has 0 spiro atoms. The molecule has 4 rings (SSSR count). The maximum absolute atomic E-state index is 12.9. The van der Waals surface area contributed by atoms with Gasteiger partial charge in [-0.15, -0.1) is 0 Å². The topological polar surface area (TPSA) is 57.7 Å². The van der Waals surface area contributed by atoms with Crippen molar-refractivity contribution in [1.82, 2.24) is 9.80 Å². The first kappa shape index (κ1) is 23.4. The zero-order chi connectivity index (χ0) is 22.8. The fourth-order valence-corrected chi connectivity index (χ4v) is 5.90. The van der Waals surface area contributed by atoms with Crippen LogP contribution in [-0.4, -0.2) is 52.9 Å². The van der Waals surface area contributed by atoms with Gasteiger partial charge in [0.25, 0.3) is 0 Å². The molecule has 2 saturated carbocycles. The summed E-state index contributed by atoms with van der Waals surface area (Å²) < 4.78 is 0. The van der Waals surface area contributed by atoms with Crippen LogP contribution in [0, 0.1) is 18.8 Å². The lowest BCUT2D eigenvalue weighted by Crippen LogP contribution is -2.54. The van der Waals surface area contributed by atoms with Crippen molar-refractivity contribution in [2.24, 2.45) is 11.8 Å². The molecular weight excluding hydrogens is 424 g/mol. The molecule has 1 saturated heterocycles. The van der Waals surface area contributed by atoms with Crippen molar-refractivity contribution < 1.29 is 14.4 Å². The number of halogens is 1. The van der Waals surface area contributed by atoms with Crippen LogP contribution in [0.15, 0.2) is 12.1 Å². The van der Waals surface area contributed by atoms with Gasteiger partial charge < -0.3 is 4.90 Å². The highest BCUT2D eigenvalue weighted by molar-refractivity contribution is 6.30. The monoisotopic (exact) mass is 458 g/mol. The van der Waals surface area contributed by atoms with Crippen molar-refractivity contribution in [2.45, 2.75) is 77.8 Å². The van der Waals surface area contributed by atoms with Crippen molar-refractivity contribution in [3.63, 3.8) is 0 Å². The molecule has 0 unspecified atom stereocenters. The summed E-state index contributed by atoms with van der Waals surface area (Å²) in [6, 6.07) is 4.13. The quantitative estimate of drug-likeness (QED) is 0.609. The number of ketones is 2. The Morgan fingerprint density at radius 3 is 2.44 bits per heavy atom. The highest BCUT2D eigenvalue weighted by Gasteiger charge is 2.33. The lowest BCUT2D eigenvalue weighted by molar-refractivity contribution is -0.140. The van der Waals surface area contributed by atoms with Crippen molar-refractivity contribution in [3.8, 4) is 0 Å². The first-order valence-electron chi connectivity index (χ1n) is 12.1. The molecule has 0 aromatic heterocycles. The van der Waals surface area contributed by atoms with Crippen LogP contribution >= 0.6 is 11.6 Å². The molecule has 1 aromatic rings. The number of carbonyl (C=O) groups excluding carboxylic acids is 3. The summed E-state index contributed by atoms with van der Waals surface area (Å²) >= 11 is 6.43. The zero-order valence-electron chi connectivity index (χ0n) is 19.4. The van der Waals surface area contributed by atoms with E-state index in [1.54, 1.807) is 0 Å². The van der Waals surface area contributed by atoms with Gasteiger partial charge in [-0.1, -0.05) is 24.4 Å². The molecule has 3 fully saturated rings. The van der Waals surface area contributed by atoms with E-state index in [0.717, 1.165) is 55.7 Å². The van der Waals surface area contributed by atoms with E-state index in [1.165, 1.54) is 12.8 Å². The highest BCUT2D eigenvalue weighted by atomic mass is 35.5. The van der Waals surface area contributed by atoms with Crippen molar-refractivity contribution in [3.05, 3.63) is 33.8 Å². The SMILES string of the molecule is Cc1c(CC(=O)CC2CC(=O)C2)cc(Cl)cc1CN1CCN(C(=O)C2CCCC2)[C@@H](C)C1. The minimum atomic E-state index is 0.187. The van der Waals surface area contributed by atoms with Crippen LogP contribution in [0.3, 0.4) is 0 Å². The third-order valence-electron chi connectivity index (χ3n) is 7.62. The van der Waals surface area contributed by atoms with Gasteiger partial charge >= 0.3 is 0 Å². The highest BCUT2D eigenvalue weighted by Crippen LogP contribution is 2.30. The Morgan fingerprint density at radius 1 is 1.09 bits per heavy atom. The number of piperazine rings is 1. The van der Waals surface area contributed by atoms with Gasteiger partial charge in [0.15, 0.2) is 0 Å². The first-order chi connectivity index (χ1) is 15.3. The second-order valence-corrected chi connectivity index (χ2v) is 10.6. The molecule has 0 radical (unpaired) electrons. The van der Waals surface area contributed by atoms with Gasteiger partial charge in [-0.3, -0.25) is 19.3 Å². The smallest absolute Gasteiger partial charge is 0.226 e. The standard InChI is InChI=1S/C26H35ClN2O3/c1-17-15-28(7-8-29(17)26(32)20-5-3-4-6-20)16-22-13-23(27)12-21(18(22)2)14-25(31)11-19-9-24(30)10-19/h12-13,17,19-20H,3-11,14-16H2,1-2H3/t17-/m0/s1. The van der Waals surface area contributed by atoms with Crippen LogP contribution in [0.2, 0.25) is 5.02 Å². The Bertz CT molecular complexity index is 885. The third-order valence-corrected chi connectivity index (χ3v) is 7.84. The Labute approximate surface area is 196 Å². The van der Waals surface area contributed by atoms with Gasteiger partial charge in [-0.05, 0) is 61.4 Å². The number of hydrogen-bond donors (Lipinski definition) is 0. The molecule has 0 bridgehead atoms. The summed E-state index contributed by atoms with van der Waals surface area (Å²) in [5.41, 5.74) is 3.28. The van der Waals surface area contributed by atoms with E-state index >= 15 is 0 Å². The average molecular weight is 459 g/mol.